The Balaban J connectivity index is 0. The van der Waals surface area contributed by atoms with E-state index in [9.17, 15) is 8.42 Å². The highest BCUT2D eigenvalue weighted by atomic mass is 127. The number of hydrogen-bond donors (Lipinski definition) is 2. The molecule has 23 heavy (non-hydrogen) atoms. The van der Waals surface area contributed by atoms with Crippen LogP contribution in [0, 0.1) is 5.92 Å². The van der Waals surface area contributed by atoms with Crippen molar-refractivity contribution >= 4 is 40.0 Å². The molecule has 0 aromatic heterocycles. The van der Waals surface area contributed by atoms with Crippen molar-refractivity contribution in [2.45, 2.75) is 59.4 Å². The second kappa shape index (κ2) is 13.2. The molecule has 1 atom stereocenters. The lowest BCUT2D eigenvalue weighted by atomic mass is 10.0. The third-order valence-electron chi connectivity index (χ3n) is 3.48. The van der Waals surface area contributed by atoms with Gasteiger partial charge in [-0.2, -0.15) is 0 Å². The maximum Gasteiger partial charge on any atom is 0.211 e. The molecule has 6 nitrogen and oxygen atoms in total. The van der Waals surface area contributed by atoms with E-state index < -0.39 is 10.0 Å². The topological polar surface area (TPSA) is 87.8 Å². The molecule has 0 heterocycles. The summed E-state index contributed by atoms with van der Waals surface area (Å²) >= 11 is 0. The predicted octanol–water partition coefficient (Wildman–Crippen LogP) is 2.40. The molecule has 0 rings (SSSR count). The van der Waals surface area contributed by atoms with Crippen LogP contribution in [0.4, 0.5) is 0 Å². The van der Waals surface area contributed by atoms with Crippen LogP contribution in [0.3, 0.4) is 0 Å². The fourth-order valence-corrected chi connectivity index (χ4v) is 3.14. The number of guanidine groups is 1. The first-order valence-electron chi connectivity index (χ1n) is 8.18. The van der Waals surface area contributed by atoms with Gasteiger partial charge in [0, 0.05) is 25.7 Å². The quantitative estimate of drug-likeness (QED) is 0.214. The molecular formula is C15H35IN4O2S. The molecule has 0 aliphatic heterocycles. The van der Waals surface area contributed by atoms with Gasteiger partial charge in [-0.05, 0) is 25.7 Å². The van der Waals surface area contributed by atoms with Gasteiger partial charge < -0.3 is 11.1 Å². The van der Waals surface area contributed by atoms with E-state index in [0.29, 0.717) is 38.1 Å². The summed E-state index contributed by atoms with van der Waals surface area (Å²) in [7, 11) is -3.11. The smallest absolute Gasteiger partial charge is 0.211 e. The normalized spacial score (nSPS) is 14.0. The van der Waals surface area contributed by atoms with Crippen LogP contribution in [0.1, 0.15) is 53.4 Å². The minimum absolute atomic E-state index is 0. The average Bonchev–Trinajstić information content (AvgIpc) is 2.36. The summed E-state index contributed by atoms with van der Waals surface area (Å²) < 4.78 is 24.3. The van der Waals surface area contributed by atoms with Gasteiger partial charge in [-0.15, -0.1) is 24.0 Å². The number of nitrogens with one attached hydrogen (secondary N) is 1. The van der Waals surface area contributed by atoms with E-state index >= 15 is 0 Å². The number of halogens is 1. The molecule has 0 amide bonds. The van der Waals surface area contributed by atoms with Gasteiger partial charge in [0.1, 0.15) is 0 Å². The Morgan fingerprint density at radius 3 is 2.30 bits per heavy atom. The number of hydrogen-bond acceptors (Lipinski definition) is 3. The summed E-state index contributed by atoms with van der Waals surface area (Å²) in [6.07, 6.45) is 5.38. The predicted molar refractivity (Wildman–Crippen MR) is 110 cm³/mol. The number of rotatable bonds is 11. The van der Waals surface area contributed by atoms with Gasteiger partial charge in [0.2, 0.25) is 10.0 Å². The van der Waals surface area contributed by atoms with Crippen molar-refractivity contribution in [1.82, 2.24) is 9.62 Å². The maximum atomic E-state index is 11.4. The number of sulfonamides is 1. The van der Waals surface area contributed by atoms with Crippen molar-refractivity contribution in [3.8, 4) is 0 Å². The minimum atomic E-state index is -3.11. The molecule has 0 aliphatic carbocycles. The zero-order valence-electron chi connectivity index (χ0n) is 15.2. The first kappa shape index (κ1) is 25.2. The monoisotopic (exact) mass is 462 g/mol. The van der Waals surface area contributed by atoms with Crippen molar-refractivity contribution in [1.29, 1.82) is 0 Å². The average molecular weight is 462 g/mol. The zero-order valence-corrected chi connectivity index (χ0v) is 18.4. The van der Waals surface area contributed by atoms with E-state index in [1.165, 1.54) is 23.4 Å². The SMILES string of the molecule is CCN(CCCN=C(N)NC(C)CCCC(C)C)S(C)(=O)=O.I. The van der Waals surface area contributed by atoms with Crippen molar-refractivity contribution in [2.24, 2.45) is 16.6 Å². The molecule has 0 aromatic rings. The van der Waals surface area contributed by atoms with E-state index in [1.807, 2.05) is 6.92 Å². The van der Waals surface area contributed by atoms with Crippen LogP contribution in [0.25, 0.3) is 0 Å². The van der Waals surface area contributed by atoms with Crippen molar-refractivity contribution in [2.75, 3.05) is 25.9 Å². The van der Waals surface area contributed by atoms with Crippen LogP contribution >= 0.6 is 24.0 Å². The zero-order chi connectivity index (χ0) is 17.2. The highest BCUT2D eigenvalue weighted by Gasteiger charge is 2.13. The fraction of sp³-hybridized carbons (Fsp3) is 0.933. The van der Waals surface area contributed by atoms with E-state index in [4.69, 9.17) is 5.73 Å². The molecule has 140 valence electrons. The molecule has 0 aliphatic rings. The molecule has 0 saturated heterocycles. The van der Waals surface area contributed by atoms with E-state index in [1.54, 1.807) is 0 Å². The van der Waals surface area contributed by atoms with Crippen LogP contribution in [-0.4, -0.2) is 50.6 Å². The molecule has 0 saturated carbocycles. The third kappa shape index (κ3) is 14.0. The summed E-state index contributed by atoms with van der Waals surface area (Å²) in [6.45, 7) is 9.89. The van der Waals surface area contributed by atoms with E-state index in [0.717, 1.165) is 12.3 Å². The van der Waals surface area contributed by atoms with Gasteiger partial charge in [-0.3, -0.25) is 4.99 Å². The van der Waals surface area contributed by atoms with Crippen molar-refractivity contribution in [3.05, 3.63) is 0 Å². The standard InChI is InChI=1S/C15H34N4O2S.HI/c1-6-19(22(5,20)21)12-8-11-17-15(16)18-14(4)10-7-9-13(2)3;/h13-14H,6-12H2,1-5H3,(H3,16,17,18);1H. The van der Waals surface area contributed by atoms with Crippen LogP contribution in [-0.2, 0) is 10.0 Å². The lowest BCUT2D eigenvalue weighted by molar-refractivity contribution is 0.427. The number of nitrogens with two attached hydrogens (primary N) is 1. The minimum Gasteiger partial charge on any atom is -0.370 e. The van der Waals surface area contributed by atoms with Gasteiger partial charge in [0.25, 0.3) is 0 Å². The molecule has 8 heteroatoms. The van der Waals surface area contributed by atoms with E-state index in [2.05, 4.69) is 31.1 Å². The van der Waals surface area contributed by atoms with Crippen LogP contribution in [0.15, 0.2) is 4.99 Å². The number of nitrogens with zero attached hydrogens (tertiary/aromatic N) is 2. The molecule has 0 spiro atoms. The number of aliphatic imine (C=N–C) groups is 1. The van der Waals surface area contributed by atoms with Crippen molar-refractivity contribution < 1.29 is 8.42 Å². The van der Waals surface area contributed by atoms with Crippen molar-refractivity contribution in [3.63, 3.8) is 0 Å². The molecule has 0 bridgehead atoms. The Morgan fingerprint density at radius 2 is 1.83 bits per heavy atom. The Kier molecular flexibility index (Phi) is 14.5. The summed E-state index contributed by atoms with van der Waals surface area (Å²) in [6, 6.07) is 0.311. The first-order valence-corrected chi connectivity index (χ1v) is 10.0. The van der Waals surface area contributed by atoms with Crippen LogP contribution in [0.2, 0.25) is 0 Å². The molecule has 0 radical (unpaired) electrons. The highest BCUT2D eigenvalue weighted by Crippen LogP contribution is 2.08. The summed E-state index contributed by atoms with van der Waals surface area (Å²) in [5, 5.41) is 3.18. The van der Waals surface area contributed by atoms with Crippen LogP contribution < -0.4 is 11.1 Å². The molecule has 3 N–H and O–H groups in total. The Hall–Kier alpha value is -0.0900. The van der Waals surface area contributed by atoms with Gasteiger partial charge in [0.15, 0.2) is 5.96 Å². The van der Waals surface area contributed by atoms with Gasteiger partial charge in [-0.25, -0.2) is 12.7 Å². The lowest BCUT2D eigenvalue weighted by Crippen LogP contribution is -2.38. The summed E-state index contributed by atoms with van der Waals surface area (Å²) in [5.41, 5.74) is 5.85. The van der Waals surface area contributed by atoms with Gasteiger partial charge >= 0.3 is 0 Å². The maximum absolute atomic E-state index is 11.4. The van der Waals surface area contributed by atoms with Crippen LogP contribution in [0.5, 0.6) is 0 Å². The highest BCUT2D eigenvalue weighted by molar-refractivity contribution is 14.0. The summed E-state index contributed by atoms with van der Waals surface area (Å²) in [5.74, 6) is 1.18. The van der Waals surface area contributed by atoms with E-state index in [-0.39, 0.29) is 24.0 Å². The second-order valence-electron chi connectivity index (χ2n) is 6.25. The second-order valence-corrected chi connectivity index (χ2v) is 8.23. The fourth-order valence-electron chi connectivity index (χ4n) is 2.21. The lowest BCUT2D eigenvalue weighted by Gasteiger charge is -2.17. The van der Waals surface area contributed by atoms with Gasteiger partial charge in [-0.1, -0.05) is 33.6 Å². The first-order chi connectivity index (χ1) is 10.2. The molecule has 0 fully saturated rings. The largest absolute Gasteiger partial charge is 0.370 e. The molecule has 1 unspecified atom stereocenters. The Labute approximate surface area is 159 Å². The third-order valence-corrected chi connectivity index (χ3v) is 4.86. The van der Waals surface area contributed by atoms with Gasteiger partial charge in [0.05, 0.1) is 6.26 Å². The Bertz CT molecular complexity index is 427. The summed E-state index contributed by atoms with van der Waals surface area (Å²) in [4.78, 5) is 4.26. The molecular weight excluding hydrogens is 427 g/mol. The Morgan fingerprint density at radius 1 is 1.22 bits per heavy atom. The molecule has 0 aromatic carbocycles.